The number of amides is 2. The fourth-order valence-electron chi connectivity index (χ4n) is 2.34. The number of benzene rings is 1. The first-order valence-electron chi connectivity index (χ1n) is 7.43. The number of hydrogen-bond acceptors (Lipinski definition) is 2. The molecule has 0 radical (unpaired) electrons. The van der Waals surface area contributed by atoms with Crippen LogP contribution in [-0.2, 0) is 9.59 Å². The average Bonchev–Trinajstić information content (AvgIpc) is 2.38. The molecule has 0 aliphatic heterocycles. The Kier molecular flexibility index (Phi) is 5.92. The highest BCUT2D eigenvalue weighted by Crippen LogP contribution is 2.25. The van der Waals surface area contributed by atoms with Gasteiger partial charge in [0.05, 0.1) is 0 Å². The molecule has 1 aromatic rings. The fraction of sp³-hybridized carbons (Fsp3) is 0.444. The first kappa shape index (κ1) is 18.0. The van der Waals surface area contributed by atoms with E-state index in [-0.39, 0.29) is 17.4 Å². The van der Waals surface area contributed by atoms with Gasteiger partial charge in [0.15, 0.2) is 0 Å². The van der Waals surface area contributed by atoms with Crippen LogP contribution in [0.25, 0.3) is 0 Å². The lowest BCUT2D eigenvalue weighted by Gasteiger charge is -2.33. The predicted octanol–water partition coefficient (Wildman–Crippen LogP) is 2.99. The molecule has 4 nitrogen and oxygen atoms in total. The van der Waals surface area contributed by atoms with Crippen LogP contribution in [-0.4, -0.2) is 28.8 Å². The summed E-state index contributed by atoms with van der Waals surface area (Å²) in [5.74, 6) is -0.337. The average molecular weight is 302 g/mol. The highest BCUT2D eigenvalue weighted by Gasteiger charge is 2.31. The van der Waals surface area contributed by atoms with Crippen LogP contribution in [0, 0.1) is 6.92 Å². The van der Waals surface area contributed by atoms with E-state index in [9.17, 15) is 9.59 Å². The maximum Gasteiger partial charge on any atom is 0.247 e. The second-order valence-electron chi connectivity index (χ2n) is 6.46. The molecule has 0 saturated carbocycles. The number of carbonyl (C=O) groups is 2. The van der Waals surface area contributed by atoms with E-state index < -0.39 is 6.04 Å². The first-order valence-corrected chi connectivity index (χ1v) is 7.43. The summed E-state index contributed by atoms with van der Waals surface area (Å²) >= 11 is 0. The number of hydrogen-bond donors (Lipinski definition) is 1. The molecule has 1 aromatic carbocycles. The second kappa shape index (κ2) is 7.25. The third kappa shape index (κ3) is 4.72. The third-order valence-corrected chi connectivity index (χ3v) is 3.27. The Balaban J connectivity index is 3.31. The monoisotopic (exact) mass is 302 g/mol. The van der Waals surface area contributed by atoms with Gasteiger partial charge in [-0.1, -0.05) is 30.3 Å². The standard InChI is InChI=1S/C18H26N2O2/c1-7-12-20(14(3)21)16(17(22)19-18(4,5)6)15-11-9-8-10-13(15)2/h7-11,16H,1,12H2,2-6H3,(H,19,22). The van der Waals surface area contributed by atoms with E-state index in [4.69, 9.17) is 0 Å². The molecule has 4 heteroatoms. The molecule has 0 aliphatic carbocycles. The van der Waals surface area contributed by atoms with Gasteiger partial charge in [0.1, 0.15) is 6.04 Å². The summed E-state index contributed by atoms with van der Waals surface area (Å²) in [5, 5.41) is 2.97. The number of rotatable bonds is 5. The van der Waals surface area contributed by atoms with Crippen LogP contribution >= 0.6 is 0 Å². The molecule has 0 saturated heterocycles. The predicted molar refractivity (Wildman–Crippen MR) is 89.4 cm³/mol. The van der Waals surface area contributed by atoms with Gasteiger partial charge in [0.25, 0.3) is 0 Å². The number of nitrogens with one attached hydrogen (secondary N) is 1. The molecule has 0 bridgehead atoms. The molecule has 0 fully saturated rings. The van der Waals surface area contributed by atoms with Crippen molar-refractivity contribution < 1.29 is 9.59 Å². The summed E-state index contributed by atoms with van der Waals surface area (Å²) in [6.45, 7) is 13.2. The molecule has 1 rings (SSSR count). The maximum atomic E-state index is 12.8. The van der Waals surface area contributed by atoms with Gasteiger partial charge in [0, 0.05) is 19.0 Å². The van der Waals surface area contributed by atoms with Gasteiger partial charge in [-0.25, -0.2) is 0 Å². The topological polar surface area (TPSA) is 49.4 Å². The molecule has 1 unspecified atom stereocenters. The number of carbonyl (C=O) groups excluding carboxylic acids is 2. The van der Waals surface area contributed by atoms with E-state index in [0.717, 1.165) is 11.1 Å². The fourth-order valence-corrected chi connectivity index (χ4v) is 2.34. The van der Waals surface area contributed by atoms with Crippen LogP contribution in [0.4, 0.5) is 0 Å². The van der Waals surface area contributed by atoms with E-state index in [2.05, 4.69) is 11.9 Å². The quantitative estimate of drug-likeness (QED) is 0.850. The van der Waals surface area contributed by atoms with Crippen molar-refractivity contribution in [1.82, 2.24) is 10.2 Å². The highest BCUT2D eigenvalue weighted by molar-refractivity contribution is 5.88. The van der Waals surface area contributed by atoms with Crippen molar-refractivity contribution in [2.75, 3.05) is 6.54 Å². The van der Waals surface area contributed by atoms with Crippen LogP contribution in [0.2, 0.25) is 0 Å². The Bertz CT molecular complexity index is 558. The van der Waals surface area contributed by atoms with Crippen molar-refractivity contribution in [3.63, 3.8) is 0 Å². The van der Waals surface area contributed by atoms with Gasteiger partial charge in [-0.05, 0) is 38.8 Å². The summed E-state index contributed by atoms with van der Waals surface area (Å²) in [6, 6.07) is 6.98. The summed E-state index contributed by atoms with van der Waals surface area (Å²) in [5.41, 5.74) is 1.45. The minimum absolute atomic E-state index is 0.155. The molecule has 2 amide bonds. The summed E-state index contributed by atoms with van der Waals surface area (Å²) in [6.07, 6.45) is 1.64. The van der Waals surface area contributed by atoms with Crippen molar-refractivity contribution in [2.45, 2.75) is 46.2 Å². The van der Waals surface area contributed by atoms with Gasteiger partial charge in [-0.2, -0.15) is 0 Å². The molecular formula is C18H26N2O2. The molecule has 0 spiro atoms. The van der Waals surface area contributed by atoms with Crippen LogP contribution < -0.4 is 5.32 Å². The minimum atomic E-state index is -0.657. The van der Waals surface area contributed by atoms with E-state index >= 15 is 0 Å². The second-order valence-corrected chi connectivity index (χ2v) is 6.46. The molecular weight excluding hydrogens is 276 g/mol. The third-order valence-electron chi connectivity index (χ3n) is 3.27. The summed E-state index contributed by atoms with van der Waals surface area (Å²) in [4.78, 5) is 26.4. The molecule has 120 valence electrons. The van der Waals surface area contributed by atoms with Gasteiger partial charge >= 0.3 is 0 Å². The zero-order valence-corrected chi connectivity index (χ0v) is 14.1. The molecule has 0 aliphatic rings. The van der Waals surface area contributed by atoms with Crippen molar-refractivity contribution in [1.29, 1.82) is 0 Å². The zero-order valence-electron chi connectivity index (χ0n) is 14.1. The van der Waals surface area contributed by atoms with Crippen molar-refractivity contribution >= 4 is 11.8 Å². The molecule has 0 heterocycles. The Morgan fingerprint density at radius 2 is 1.91 bits per heavy atom. The van der Waals surface area contributed by atoms with Crippen LogP contribution in [0.15, 0.2) is 36.9 Å². The van der Waals surface area contributed by atoms with Crippen LogP contribution in [0.1, 0.15) is 44.9 Å². The first-order chi connectivity index (χ1) is 10.2. The van der Waals surface area contributed by atoms with Crippen molar-refractivity contribution in [3.05, 3.63) is 48.0 Å². The highest BCUT2D eigenvalue weighted by atomic mass is 16.2. The normalized spacial score (nSPS) is 12.4. The SMILES string of the molecule is C=CCN(C(C)=O)C(C(=O)NC(C)(C)C)c1ccccc1C. The Hall–Kier alpha value is -2.10. The number of nitrogens with zero attached hydrogens (tertiary/aromatic N) is 1. The van der Waals surface area contributed by atoms with Crippen molar-refractivity contribution in [3.8, 4) is 0 Å². The van der Waals surface area contributed by atoms with Crippen molar-refractivity contribution in [2.24, 2.45) is 0 Å². The lowest BCUT2D eigenvalue weighted by atomic mass is 9.97. The lowest BCUT2D eigenvalue weighted by Crippen LogP contribution is -2.49. The summed E-state index contributed by atoms with van der Waals surface area (Å²) < 4.78 is 0. The van der Waals surface area contributed by atoms with E-state index in [1.165, 1.54) is 11.8 Å². The Morgan fingerprint density at radius 3 is 2.36 bits per heavy atom. The van der Waals surface area contributed by atoms with Gasteiger partial charge in [-0.15, -0.1) is 6.58 Å². The molecule has 1 atom stereocenters. The Labute approximate surface area is 133 Å². The van der Waals surface area contributed by atoms with E-state index in [0.29, 0.717) is 6.54 Å². The molecule has 1 N–H and O–H groups in total. The summed E-state index contributed by atoms with van der Waals surface area (Å²) in [7, 11) is 0. The van der Waals surface area contributed by atoms with Gasteiger partial charge in [-0.3, -0.25) is 9.59 Å². The lowest BCUT2D eigenvalue weighted by molar-refractivity contribution is -0.139. The maximum absolute atomic E-state index is 12.8. The smallest absolute Gasteiger partial charge is 0.247 e. The van der Waals surface area contributed by atoms with E-state index in [1.807, 2.05) is 52.0 Å². The molecule has 0 aromatic heterocycles. The van der Waals surface area contributed by atoms with Gasteiger partial charge in [0.2, 0.25) is 11.8 Å². The van der Waals surface area contributed by atoms with Gasteiger partial charge < -0.3 is 10.2 Å². The largest absolute Gasteiger partial charge is 0.349 e. The zero-order chi connectivity index (χ0) is 16.9. The molecule has 22 heavy (non-hydrogen) atoms. The van der Waals surface area contributed by atoms with E-state index in [1.54, 1.807) is 6.08 Å². The minimum Gasteiger partial charge on any atom is -0.349 e. The van der Waals surface area contributed by atoms with Crippen LogP contribution in [0.3, 0.4) is 0 Å². The van der Waals surface area contributed by atoms with Crippen LogP contribution in [0.5, 0.6) is 0 Å². The Morgan fingerprint density at radius 1 is 1.32 bits per heavy atom. The number of aryl methyl sites for hydroxylation is 1.